The first kappa shape index (κ1) is 21.6. The average Bonchev–Trinajstić information content (AvgIpc) is 2.78. The minimum Gasteiger partial charge on any atom is -0.480 e. The van der Waals surface area contributed by atoms with Gasteiger partial charge in [0.2, 0.25) is 11.8 Å². The number of aryl methyl sites for hydroxylation is 1. The third kappa shape index (κ3) is 4.21. The van der Waals surface area contributed by atoms with Gasteiger partial charge in [-0.1, -0.05) is 54.6 Å². The van der Waals surface area contributed by atoms with E-state index in [-0.39, 0.29) is 12.3 Å². The second-order valence-electron chi connectivity index (χ2n) is 8.29. The lowest BCUT2D eigenvalue weighted by molar-refractivity contribution is -0.141. The van der Waals surface area contributed by atoms with Crippen LogP contribution in [0.1, 0.15) is 32.3 Å². The Hall–Kier alpha value is -3.67. The molecule has 3 N–H and O–H groups in total. The molecule has 4 rings (SSSR count). The average molecular weight is 431 g/mol. The van der Waals surface area contributed by atoms with Crippen molar-refractivity contribution in [2.45, 2.75) is 45.2 Å². The zero-order valence-electron chi connectivity index (χ0n) is 18.1. The molecule has 0 unspecified atom stereocenters. The number of carbonyl (C=O) groups excluding carboxylic acids is 2. The molecule has 0 heterocycles. The first-order valence-corrected chi connectivity index (χ1v) is 10.8. The van der Waals surface area contributed by atoms with Gasteiger partial charge < -0.3 is 15.7 Å². The summed E-state index contributed by atoms with van der Waals surface area (Å²) in [4.78, 5) is 35.2. The van der Waals surface area contributed by atoms with Crippen molar-refractivity contribution >= 4 is 50.1 Å². The highest BCUT2D eigenvalue weighted by Gasteiger charge is 2.20. The van der Waals surface area contributed by atoms with Gasteiger partial charge in [-0.15, -0.1) is 0 Å². The number of carboxylic acid groups (broad SMARTS) is 1. The van der Waals surface area contributed by atoms with Gasteiger partial charge in [0, 0.05) is 6.42 Å². The zero-order chi connectivity index (χ0) is 22.8. The van der Waals surface area contributed by atoms with Crippen molar-refractivity contribution in [2.75, 3.05) is 0 Å². The molecule has 0 radical (unpaired) electrons. The smallest absolute Gasteiger partial charge is 0.325 e. The summed E-state index contributed by atoms with van der Waals surface area (Å²) in [6.45, 7) is 2.92. The van der Waals surface area contributed by atoms with Crippen LogP contribution < -0.4 is 10.6 Å². The predicted octanol–water partition coefficient (Wildman–Crippen LogP) is 4.00. The summed E-state index contributed by atoms with van der Waals surface area (Å²) in [5.74, 6) is -1.86. The molecule has 0 aromatic heterocycles. The second-order valence-corrected chi connectivity index (χ2v) is 8.29. The molecule has 32 heavy (non-hydrogen) atoms. The van der Waals surface area contributed by atoms with Crippen LogP contribution in [0.15, 0.2) is 54.6 Å². The molecule has 0 saturated carbocycles. The summed E-state index contributed by atoms with van der Waals surface area (Å²) >= 11 is 0. The molecule has 0 aliphatic rings. The standard InChI is InChI=1S/C26H26N2O4/c1-15(25(30)28-16(2)26(31)32)27-22(29)8-4-5-17-9-10-20-12-11-18-6-3-7-19-13-14-21(17)24(20)23(18)19/h3,6-7,9-16H,4-5,8H2,1-2H3,(H,27,29)(H,28,30)(H,31,32)/t15-,16-/m0/s1. The summed E-state index contributed by atoms with van der Waals surface area (Å²) in [6, 6.07) is 17.4. The van der Waals surface area contributed by atoms with Gasteiger partial charge in [-0.25, -0.2) is 0 Å². The molecule has 4 aromatic carbocycles. The highest BCUT2D eigenvalue weighted by Crippen LogP contribution is 2.36. The normalized spacial score (nSPS) is 13.3. The van der Waals surface area contributed by atoms with E-state index < -0.39 is 24.0 Å². The number of carboxylic acids is 1. The number of hydrogen-bond acceptors (Lipinski definition) is 3. The largest absolute Gasteiger partial charge is 0.480 e. The summed E-state index contributed by atoms with van der Waals surface area (Å²) in [5, 5.41) is 21.3. The Labute approximate surface area is 185 Å². The van der Waals surface area contributed by atoms with Crippen molar-refractivity contribution in [1.29, 1.82) is 0 Å². The van der Waals surface area contributed by atoms with Crippen molar-refractivity contribution in [1.82, 2.24) is 10.6 Å². The molecule has 6 nitrogen and oxygen atoms in total. The van der Waals surface area contributed by atoms with Crippen molar-refractivity contribution in [2.24, 2.45) is 0 Å². The fourth-order valence-corrected chi connectivity index (χ4v) is 4.23. The monoisotopic (exact) mass is 430 g/mol. The van der Waals surface area contributed by atoms with Gasteiger partial charge in [-0.3, -0.25) is 14.4 Å². The molecular formula is C26H26N2O4. The number of benzene rings is 4. The number of hydrogen-bond donors (Lipinski definition) is 3. The van der Waals surface area contributed by atoms with Crippen LogP contribution in [0.3, 0.4) is 0 Å². The lowest BCUT2D eigenvalue weighted by Gasteiger charge is -2.16. The van der Waals surface area contributed by atoms with Gasteiger partial charge in [-0.2, -0.15) is 0 Å². The molecule has 6 heteroatoms. The Morgan fingerprint density at radius 3 is 2.12 bits per heavy atom. The Bertz CT molecular complexity index is 1300. The van der Waals surface area contributed by atoms with E-state index in [1.54, 1.807) is 6.92 Å². The fourth-order valence-electron chi connectivity index (χ4n) is 4.23. The Balaban J connectivity index is 1.42. The molecule has 2 amide bonds. The first-order valence-electron chi connectivity index (χ1n) is 10.8. The lowest BCUT2D eigenvalue weighted by atomic mass is 9.90. The highest BCUT2D eigenvalue weighted by atomic mass is 16.4. The topological polar surface area (TPSA) is 95.5 Å². The SMILES string of the molecule is C[C@H](NC(=O)[C@H](C)NC(=O)CCCc1ccc2ccc3cccc4ccc1c2c34)C(=O)O. The van der Waals surface area contributed by atoms with Gasteiger partial charge in [0.15, 0.2) is 0 Å². The van der Waals surface area contributed by atoms with Gasteiger partial charge in [0.1, 0.15) is 12.1 Å². The fraction of sp³-hybridized carbons (Fsp3) is 0.269. The van der Waals surface area contributed by atoms with E-state index >= 15 is 0 Å². The van der Waals surface area contributed by atoms with Gasteiger partial charge >= 0.3 is 5.97 Å². The Kier molecular flexibility index (Phi) is 5.95. The number of rotatable bonds is 8. The van der Waals surface area contributed by atoms with Gasteiger partial charge in [0.25, 0.3) is 0 Å². The maximum atomic E-state index is 12.3. The van der Waals surface area contributed by atoms with E-state index in [2.05, 4.69) is 65.2 Å². The van der Waals surface area contributed by atoms with Crippen molar-refractivity contribution in [3.63, 3.8) is 0 Å². The molecule has 4 aromatic rings. The molecule has 0 saturated heterocycles. The molecule has 0 spiro atoms. The zero-order valence-corrected chi connectivity index (χ0v) is 18.1. The van der Waals surface area contributed by atoms with Crippen LogP contribution >= 0.6 is 0 Å². The van der Waals surface area contributed by atoms with Gasteiger partial charge in [-0.05, 0) is 64.6 Å². The quantitative estimate of drug-likeness (QED) is 0.368. The summed E-state index contributed by atoms with van der Waals surface area (Å²) in [6.07, 6.45) is 1.68. The maximum Gasteiger partial charge on any atom is 0.325 e. The summed E-state index contributed by atoms with van der Waals surface area (Å²) < 4.78 is 0. The molecular weight excluding hydrogens is 404 g/mol. The van der Waals surface area contributed by atoms with Crippen LogP contribution in [-0.4, -0.2) is 35.0 Å². The van der Waals surface area contributed by atoms with Gasteiger partial charge in [0.05, 0.1) is 0 Å². The van der Waals surface area contributed by atoms with E-state index in [4.69, 9.17) is 5.11 Å². The van der Waals surface area contributed by atoms with E-state index in [1.807, 2.05) is 0 Å². The second kappa shape index (κ2) is 8.83. The van der Waals surface area contributed by atoms with Crippen molar-refractivity contribution in [3.05, 3.63) is 60.2 Å². The van der Waals surface area contributed by atoms with E-state index in [0.29, 0.717) is 6.42 Å². The van der Waals surface area contributed by atoms with Crippen LogP contribution in [0, 0.1) is 0 Å². The number of amides is 2. The number of aliphatic carboxylic acids is 1. The predicted molar refractivity (Wildman–Crippen MR) is 126 cm³/mol. The van der Waals surface area contributed by atoms with E-state index in [9.17, 15) is 14.4 Å². The highest BCUT2D eigenvalue weighted by molar-refractivity contribution is 6.23. The maximum absolute atomic E-state index is 12.3. The third-order valence-corrected chi connectivity index (χ3v) is 5.97. The van der Waals surface area contributed by atoms with Crippen molar-refractivity contribution in [3.8, 4) is 0 Å². The number of carbonyl (C=O) groups is 3. The molecule has 0 aliphatic heterocycles. The molecule has 164 valence electrons. The third-order valence-electron chi connectivity index (χ3n) is 5.97. The lowest BCUT2D eigenvalue weighted by Crippen LogP contribution is -2.49. The minimum absolute atomic E-state index is 0.228. The Morgan fingerprint density at radius 2 is 1.44 bits per heavy atom. The molecule has 0 aliphatic carbocycles. The molecule has 0 bridgehead atoms. The van der Waals surface area contributed by atoms with Crippen LogP contribution in [0.25, 0.3) is 32.3 Å². The van der Waals surface area contributed by atoms with Crippen LogP contribution in [0.5, 0.6) is 0 Å². The number of nitrogens with one attached hydrogen (secondary N) is 2. The van der Waals surface area contributed by atoms with Crippen LogP contribution in [-0.2, 0) is 20.8 Å². The van der Waals surface area contributed by atoms with Crippen molar-refractivity contribution < 1.29 is 19.5 Å². The van der Waals surface area contributed by atoms with E-state index in [0.717, 1.165) is 6.42 Å². The van der Waals surface area contributed by atoms with Crippen LogP contribution in [0.2, 0.25) is 0 Å². The first-order chi connectivity index (χ1) is 15.3. The van der Waals surface area contributed by atoms with E-state index in [1.165, 1.54) is 44.8 Å². The Morgan fingerprint density at radius 1 is 0.812 bits per heavy atom. The summed E-state index contributed by atoms with van der Waals surface area (Å²) in [5.41, 5.74) is 1.20. The minimum atomic E-state index is -1.12. The molecule has 2 atom stereocenters. The molecule has 0 fully saturated rings. The van der Waals surface area contributed by atoms with Crippen LogP contribution in [0.4, 0.5) is 0 Å². The summed E-state index contributed by atoms with van der Waals surface area (Å²) in [7, 11) is 0.